The highest BCUT2D eigenvalue weighted by Gasteiger charge is 2.37. The van der Waals surface area contributed by atoms with Gasteiger partial charge >= 0.3 is 0 Å². The molecular formula is C47H32. The second kappa shape index (κ2) is 9.64. The quantitative estimate of drug-likeness (QED) is 0.133. The Bertz CT molecular complexity index is 4150. The molecular weight excluding hydrogens is 565 g/mol. The summed E-state index contributed by atoms with van der Waals surface area (Å²) >= 11 is 0. The van der Waals surface area contributed by atoms with E-state index >= 15 is 0 Å². The lowest BCUT2D eigenvalue weighted by Gasteiger charge is -2.24. The van der Waals surface area contributed by atoms with Crippen molar-refractivity contribution >= 4 is 53.9 Å². The number of rotatable bonds is 2. The number of hydrogen-bond donors (Lipinski definition) is 0. The van der Waals surface area contributed by atoms with Crippen molar-refractivity contribution in [1.82, 2.24) is 0 Å². The highest BCUT2D eigenvalue weighted by Crippen LogP contribution is 2.53. The Morgan fingerprint density at radius 1 is 0.383 bits per heavy atom. The average molecular weight is 623 g/mol. The molecule has 1 aliphatic rings. The highest BCUT2D eigenvalue weighted by molar-refractivity contribution is 6.25. The molecule has 0 unspecified atom stereocenters. The molecule has 0 aliphatic heterocycles. The smallest absolute Gasteiger partial charge is 0.0616 e. The van der Waals surface area contributed by atoms with Crippen molar-refractivity contribution in [3.05, 3.63) is 168 Å². The molecule has 0 N–H and O–H groups in total. The molecule has 0 heterocycles. The summed E-state index contributed by atoms with van der Waals surface area (Å²) in [6, 6.07) is -21.4. The topological polar surface area (TPSA) is 0 Å². The van der Waals surface area contributed by atoms with Gasteiger partial charge in [0.15, 0.2) is 0 Å². The molecule has 0 spiro atoms. The summed E-state index contributed by atoms with van der Waals surface area (Å²) in [6.07, 6.45) is 0. The number of benzene rings is 9. The van der Waals surface area contributed by atoms with Crippen LogP contribution in [0.2, 0.25) is 0 Å². The van der Waals surface area contributed by atoms with Gasteiger partial charge in [-0.15, -0.1) is 0 Å². The average Bonchev–Trinajstić information content (AvgIpc) is 3.60. The van der Waals surface area contributed by atoms with E-state index in [9.17, 15) is 13.7 Å². The van der Waals surface area contributed by atoms with E-state index in [1.165, 1.54) is 13.8 Å². The van der Waals surface area contributed by atoms with Gasteiger partial charge in [-0.3, -0.25) is 0 Å². The minimum atomic E-state index is -1.64. The Balaban J connectivity index is 1.51. The van der Waals surface area contributed by atoms with Gasteiger partial charge in [0.05, 0.1) is 35.6 Å². The Labute approximate surface area is 311 Å². The van der Waals surface area contributed by atoms with Crippen LogP contribution in [0, 0.1) is 0 Å². The van der Waals surface area contributed by atoms with Gasteiger partial charge in [-0.05, 0) is 104 Å². The van der Waals surface area contributed by atoms with Gasteiger partial charge in [-0.1, -0.05) is 165 Å². The van der Waals surface area contributed by atoms with Crippen LogP contribution < -0.4 is 0 Å². The largest absolute Gasteiger partial charge is 0.0633 e. The number of hydrogen-bond acceptors (Lipinski definition) is 0. The summed E-state index contributed by atoms with van der Waals surface area (Å²) in [5.41, 5.74) is -4.83. The minimum absolute atomic E-state index is 0.00851. The van der Waals surface area contributed by atoms with E-state index in [4.69, 9.17) is 21.9 Å². The fourth-order valence-corrected chi connectivity index (χ4v) is 6.78. The molecule has 0 atom stereocenters. The van der Waals surface area contributed by atoms with Crippen LogP contribution in [-0.4, -0.2) is 0 Å². The summed E-state index contributed by atoms with van der Waals surface area (Å²) in [5.74, 6) is 0. The van der Waals surface area contributed by atoms with E-state index in [-0.39, 0.29) is 33.0 Å². The zero-order chi connectivity index (χ0) is 53.9. The first-order chi connectivity index (χ1) is 33.9. The molecule has 0 bridgehead atoms. The zero-order valence-corrected chi connectivity index (χ0v) is 24.5. The molecule has 1 aliphatic carbocycles. The van der Waals surface area contributed by atoms with Crippen LogP contribution >= 0.6 is 0 Å². The fraction of sp³-hybridized carbons (Fsp3) is 0.0638. The monoisotopic (exact) mass is 622 g/mol. The molecule has 0 aromatic heterocycles. The second-order valence-electron chi connectivity index (χ2n) is 11.6. The summed E-state index contributed by atoms with van der Waals surface area (Å²) in [7, 11) is 0. The third-order valence-electron chi connectivity index (χ3n) is 8.81. The van der Waals surface area contributed by atoms with Crippen molar-refractivity contribution in [1.29, 1.82) is 0 Å². The fourth-order valence-electron chi connectivity index (χ4n) is 6.78. The predicted octanol–water partition coefficient (Wildman–Crippen LogP) is 13.1. The molecule has 0 fully saturated rings. The Kier molecular flexibility index (Phi) is 2.36. The SMILES string of the molecule is [2H]c1c([2H])c2c(c([2H])c1-c1c3c([2H])c([2H])c([2H])c([2H])c3c(-c3c([2H])c([2H])c([2H])c4c3c([2H])c([2H])c3c([2H])c([2H])c([2H])c([2H])c34)c3c([2H])c([2H])c([2H])c([2H])c13)C(C)(C)c1c-2c([2H])c([2H])c2c([2H])c([2H])c([2H])c([2H])c12. The molecule has 0 radical (unpaired) electrons. The Hall–Kier alpha value is -5.72. The van der Waals surface area contributed by atoms with Gasteiger partial charge in [0.2, 0.25) is 0 Å². The lowest BCUT2D eigenvalue weighted by molar-refractivity contribution is 0.666. The maximum Gasteiger partial charge on any atom is 0.0633 e. The number of fused-ring (bicyclic) bond motifs is 10. The summed E-state index contributed by atoms with van der Waals surface area (Å²) in [5, 5.41) is -5.41. The van der Waals surface area contributed by atoms with Crippen molar-refractivity contribution in [3.63, 3.8) is 0 Å². The highest BCUT2D eigenvalue weighted by atomic mass is 14.4. The first kappa shape index (κ1) is 11.5. The molecule has 9 aromatic carbocycles. The van der Waals surface area contributed by atoms with Crippen molar-refractivity contribution in [3.8, 4) is 33.4 Å². The molecule has 0 saturated carbocycles. The lowest BCUT2D eigenvalue weighted by atomic mass is 9.79. The van der Waals surface area contributed by atoms with Crippen LogP contribution in [0.25, 0.3) is 87.2 Å². The lowest BCUT2D eigenvalue weighted by Crippen LogP contribution is -2.15. The van der Waals surface area contributed by atoms with Crippen LogP contribution in [0.1, 0.15) is 60.6 Å². The van der Waals surface area contributed by atoms with E-state index in [0.717, 1.165) is 0 Å². The van der Waals surface area contributed by atoms with Crippen LogP contribution in [0.4, 0.5) is 0 Å². The predicted molar refractivity (Wildman–Crippen MR) is 202 cm³/mol. The second-order valence-corrected chi connectivity index (χ2v) is 11.6. The third kappa shape index (κ3) is 3.64. The van der Waals surface area contributed by atoms with Gasteiger partial charge in [0.1, 0.15) is 0 Å². The minimum Gasteiger partial charge on any atom is -0.0616 e. The van der Waals surface area contributed by atoms with Gasteiger partial charge in [-0.2, -0.15) is 0 Å². The van der Waals surface area contributed by atoms with Gasteiger partial charge in [0.25, 0.3) is 0 Å². The van der Waals surface area contributed by atoms with Crippen molar-refractivity contribution in [2.75, 3.05) is 0 Å². The van der Waals surface area contributed by atoms with E-state index in [0.29, 0.717) is 0 Å². The molecule has 47 heavy (non-hydrogen) atoms. The Morgan fingerprint density at radius 2 is 0.915 bits per heavy atom. The summed E-state index contributed by atoms with van der Waals surface area (Å²) in [4.78, 5) is 0. The van der Waals surface area contributed by atoms with E-state index in [2.05, 4.69) is 0 Å². The van der Waals surface area contributed by atoms with E-state index < -0.39 is 228 Å². The van der Waals surface area contributed by atoms with Crippen LogP contribution in [0.3, 0.4) is 0 Å². The zero-order valence-electron chi connectivity index (χ0n) is 50.5. The maximum absolute atomic E-state index is 10.1. The molecule has 0 nitrogen and oxygen atoms in total. The van der Waals surface area contributed by atoms with Crippen molar-refractivity contribution in [2.24, 2.45) is 0 Å². The summed E-state index contributed by atoms with van der Waals surface area (Å²) in [6.45, 7) is 3.03. The molecule has 0 heteroatoms. The normalized spacial score (nSPS) is 21.2. The molecule has 0 amide bonds. The molecule has 9 aromatic rings. The third-order valence-corrected chi connectivity index (χ3v) is 8.81. The molecule has 0 saturated heterocycles. The Morgan fingerprint density at radius 3 is 1.62 bits per heavy atom. The first-order valence-corrected chi connectivity index (χ1v) is 14.5. The molecule has 220 valence electrons. The maximum atomic E-state index is 10.1. The van der Waals surface area contributed by atoms with Gasteiger partial charge < -0.3 is 0 Å². The van der Waals surface area contributed by atoms with Crippen molar-refractivity contribution in [2.45, 2.75) is 19.3 Å². The standard InChI is InChI=1S/C47H32/c1-47(2)43-28-31(24-26-36(43)42-27-23-30-13-4-6-15-33(30)46(42)47)44-38-16-7-9-18-40(38)45(41-19-10-8-17-39(41)44)37-21-11-20-34-32-14-5-3-12-29(32)22-25-35(34)37/h3-28H,1-2H3/i3D,4D,5D,6D,7D,8D,9D,10D,11D,12D,13D,14D,15D,16D,17D,18D,19D,20D,21D,22D,23D,24D,25D,26D,27D,28D. The first-order valence-electron chi connectivity index (χ1n) is 27.5. The van der Waals surface area contributed by atoms with E-state index in [1.807, 2.05) is 0 Å². The van der Waals surface area contributed by atoms with Crippen LogP contribution in [-0.2, 0) is 5.41 Å². The van der Waals surface area contributed by atoms with Gasteiger partial charge in [-0.25, -0.2) is 0 Å². The molecule has 10 rings (SSSR count). The van der Waals surface area contributed by atoms with Gasteiger partial charge in [0, 0.05) is 5.41 Å². The van der Waals surface area contributed by atoms with Crippen LogP contribution in [0.15, 0.2) is 157 Å². The van der Waals surface area contributed by atoms with Crippen molar-refractivity contribution < 1.29 is 35.6 Å². The van der Waals surface area contributed by atoms with Crippen LogP contribution in [0.5, 0.6) is 0 Å². The summed E-state index contributed by atoms with van der Waals surface area (Å²) < 4.78 is 237. The van der Waals surface area contributed by atoms with E-state index in [1.54, 1.807) is 0 Å².